The normalized spacial score (nSPS) is 32.4. The third-order valence-corrected chi connectivity index (χ3v) is 2.72. The lowest BCUT2D eigenvalue weighted by molar-refractivity contribution is -0.139. The Hall–Kier alpha value is -0.510. The van der Waals surface area contributed by atoms with Gasteiger partial charge in [-0.05, 0) is 0 Å². The molecule has 0 spiro atoms. The van der Waals surface area contributed by atoms with Gasteiger partial charge >= 0.3 is 0 Å². The summed E-state index contributed by atoms with van der Waals surface area (Å²) < 4.78 is 0. The van der Waals surface area contributed by atoms with Crippen molar-refractivity contribution in [3.05, 3.63) is 0 Å². The van der Waals surface area contributed by atoms with Crippen LogP contribution in [0.5, 0.6) is 0 Å². The monoisotopic (exact) mass is 142 g/mol. The predicted molar refractivity (Wildman–Crippen MR) is 35.4 cm³/mol. The Balaban J connectivity index is 2.16. The number of carbonyl (C=O) groups excluding carboxylic acids is 1. The second-order valence-corrected chi connectivity index (χ2v) is 3.49. The first-order chi connectivity index (χ1) is 4.27. The molecule has 2 saturated heterocycles. The average molecular weight is 142 g/mol. The molecule has 2 aliphatic heterocycles. The van der Waals surface area contributed by atoms with Crippen molar-refractivity contribution in [2.75, 3.05) is 6.54 Å². The molecule has 4 heteroatoms. The smallest absolute Gasteiger partial charge is 0.226 e. The van der Waals surface area contributed by atoms with E-state index in [1.54, 1.807) is 4.90 Å². The van der Waals surface area contributed by atoms with E-state index >= 15 is 0 Å². The van der Waals surface area contributed by atoms with Crippen LogP contribution in [-0.4, -0.2) is 27.8 Å². The van der Waals surface area contributed by atoms with Gasteiger partial charge in [-0.1, -0.05) is 11.8 Å². The molecule has 2 fully saturated rings. The van der Waals surface area contributed by atoms with Gasteiger partial charge in [0.1, 0.15) is 0 Å². The number of β-lactam (4-membered cyclic amide) rings is 1. The number of thioether (sulfide) groups is 1. The van der Waals surface area contributed by atoms with Crippen molar-refractivity contribution in [3.63, 3.8) is 0 Å². The number of nitrogens with zero attached hydrogens (tertiary/aromatic N) is 1. The maximum absolute atomic E-state index is 10.7. The van der Waals surface area contributed by atoms with Gasteiger partial charge in [0.15, 0.2) is 0 Å². The zero-order valence-electron chi connectivity index (χ0n) is 4.76. The molecule has 0 unspecified atom stereocenters. The Morgan fingerprint density at radius 2 is 2.56 bits per heavy atom. The largest absolute Gasteiger partial charge is 0.323 e. The summed E-state index contributed by atoms with van der Waals surface area (Å²) in [6, 6.07) is 0. The van der Waals surface area contributed by atoms with Gasteiger partial charge in [0.25, 0.3) is 0 Å². The maximum atomic E-state index is 10.7. The number of carbonyl (C=O) groups is 1. The van der Waals surface area contributed by atoms with E-state index in [1.807, 2.05) is 0 Å². The van der Waals surface area contributed by atoms with Crippen molar-refractivity contribution >= 4 is 22.7 Å². The molecule has 0 bridgehead atoms. The summed E-state index contributed by atoms with van der Waals surface area (Å²) in [6.45, 7) is 0.564. The minimum atomic E-state index is 0.203. The van der Waals surface area contributed by atoms with Gasteiger partial charge < -0.3 is 4.90 Å². The molecule has 1 N–H and O–H groups in total. The third-order valence-electron chi connectivity index (χ3n) is 1.61. The van der Waals surface area contributed by atoms with Crippen molar-refractivity contribution in [1.29, 1.82) is 5.41 Å². The summed E-state index contributed by atoms with van der Waals surface area (Å²) in [5.41, 5.74) is 0. The van der Waals surface area contributed by atoms with Crippen LogP contribution in [0.15, 0.2) is 0 Å². The number of amides is 1. The van der Waals surface area contributed by atoms with Crippen molar-refractivity contribution in [2.24, 2.45) is 0 Å². The second-order valence-electron chi connectivity index (χ2n) is 2.22. The number of nitrogens with one attached hydrogen (secondary N) is 1. The average Bonchev–Trinajstić information content (AvgIpc) is 2.08. The molecule has 48 valence electrons. The summed E-state index contributed by atoms with van der Waals surface area (Å²) in [6.07, 6.45) is 0.646. The summed E-state index contributed by atoms with van der Waals surface area (Å²) >= 11 is 1.51. The van der Waals surface area contributed by atoms with Crippen molar-refractivity contribution < 1.29 is 4.79 Å². The third kappa shape index (κ3) is 0.594. The molecular weight excluding hydrogens is 136 g/mol. The predicted octanol–water partition coefficient (Wildman–Crippen LogP) is 0.269. The van der Waals surface area contributed by atoms with Gasteiger partial charge in [0.2, 0.25) is 5.91 Å². The van der Waals surface area contributed by atoms with Crippen molar-refractivity contribution in [1.82, 2.24) is 4.90 Å². The molecule has 1 amide bonds. The molecule has 0 aromatic carbocycles. The molecule has 2 heterocycles. The molecule has 0 saturated carbocycles. The molecule has 0 aromatic rings. The van der Waals surface area contributed by atoms with Gasteiger partial charge in [-0.15, -0.1) is 0 Å². The molecule has 2 aliphatic rings. The minimum absolute atomic E-state index is 0.203. The van der Waals surface area contributed by atoms with Gasteiger partial charge in [-0.2, -0.15) is 0 Å². The molecule has 1 atom stereocenters. The highest BCUT2D eigenvalue weighted by Crippen LogP contribution is 2.35. The standard InChI is InChI=1S/C5H6N2OS/c6-3-2-7-4(8)1-5(7)9-3/h5-6H,1-2H2/t5-/m1/s1. The van der Waals surface area contributed by atoms with Crippen LogP contribution in [0.3, 0.4) is 0 Å². The maximum Gasteiger partial charge on any atom is 0.226 e. The lowest BCUT2D eigenvalue weighted by Gasteiger charge is -2.31. The molecule has 9 heavy (non-hydrogen) atoms. The van der Waals surface area contributed by atoms with Crippen LogP contribution in [0.1, 0.15) is 6.42 Å². The second kappa shape index (κ2) is 1.50. The Morgan fingerprint density at radius 1 is 1.78 bits per heavy atom. The van der Waals surface area contributed by atoms with Crippen LogP contribution in [0.25, 0.3) is 0 Å². The molecule has 0 radical (unpaired) electrons. The number of fused-ring (bicyclic) bond motifs is 1. The highest BCUT2D eigenvalue weighted by atomic mass is 32.2. The summed E-state index contributed by atoms with van der Waals surface area (Å²) in [4.78, 5) is 12.4. The number of hydrogen-bond donors (Lipinski definition) is 1. The van der Waals surface area contributed by atoms with Crippen molar-refractivity contribution in [3.8, 4) is 0 Å². The van der Waals surface area contributed by atoms with E-state index in [9.17, 15) is 4.79 Å². The SMILES string of the molecule is N=C1CN2C(=O)C[C@H]2S1. The summed E-state index contributed by atoms with van der Waals surface area (Å²) in [5, 5.41) is 8.16. The fraction of sp³-hybridized carbons (Fsp3) is 0.600. The zero-order chi connectivity index (χ0) is 6.43. The van der Waals surface area contributed by atoms with Gasteiger partial charge in [-0.25, -0.2) is 0 Å². The first kappa shape index (κ1) is 5.29. The van der Waals surface area contributed by atoms with Crippen LogP contribution < -0.4 is 0 Å². The van der Waals surface area contributed by atoms with Crippen molar-refractivity contribution in [2.45, 2.75) is 11.8 Å². The number of rotatable bonds is 0. The summed E-state index contributed by atoms with van der Waals surface area (Å²) in [5.74, 6) is 0.203. The Morgan fingerprint density at radius 3 is 3.00 bits per heavy atom. The van der Waals surface area contributed by atoms with E-state index in [2.05, 4.69) is 0 Å². The lowest BCUT2D eigenvalue weighted by Crippen LogP contribution is -2.47. The highest BCUT2D eigenvalue weighted by Gasteiger charge is 2.42. The van der Waals surface area contributed by atoms with Gasteiger partial charge in [0.05, 0.1) is 23.4 Å². The highest BCUT2D eigenvalue weighted by molar-refractivity contribution is 8.14. The quantitative estimate of drug-likeness (QED) is 0.493. The Bertz CT molecular complexity index is 189. The Kier molecular flexibility index (Phi) is 0.883. The minimum Gasteiger partial charge on any atom is -0.323 e. The fourth-order valence-corrected chi connectivity index (χ4v) is 2.16. The first-order valence-electron chi connectivity index (χ1n) is 2.81. The topological polar surface area (TPSA) is 44.2 Å². The van der Waals surface area contributed by atoms with Crippen LogP contribution >= 0.6 is 11.8 Å². The Labute approximate surface area is 56.9 Å². The van der Waals surface area contributed by atoms with E-state index in [1.165, 1.54) is 11.8 Å². The van der Waals surface area contributed by atoms with Crippen LogP contribution in [0.4, 0.5) is 0 Å². The van der Waals surface area contributed by atoms with Gasteiger partial charge in [-0.3, -0.25) is 10.2 Å². The molecule has 0 aliphatic carbocycles. The van der Waals surface area contributed by atoms with Gasteiger partial charge in [0, 0.05) is 0 Å². The molecule has 3 nitrogen and oxygen atoms in total. The van der Waals surface area contributed by atoms with E-state index in [0.29, 0.717) is 23.4 Å². The van der Waals surface area contributed by atoms with E-state index in [-0.39, 0.29) is 5.91 Å². The lowest BCUT2D eigenvalue weighted by atomic mass is 10.2. The zero-order valence-corrected chi connectivity index (χ0v) is 5.57. The first-order valence-corrected chi connectivity index (χ1v) is 3.69. The van der Waals surface area contributed by atoms with E-state index in [0.717, 1.165) is 0 Å². The van der Waals surface area contributed by atoms with Crippen LogP contribution in [0, 0.1) is 5.41 Å². The van der Waals surface area contributed by atoms with E-state index < -0.39 is 0 Å². The number of hydrogen-bond acceptors (Lipinski definition) is 3. The fourth-order valence-electron chi connectivity index (χ4n) is 1.08. The molecular formula is C5H6N2OS. The molecule has 2 rings (SSSR count). The molecule has 0 aromatic heterocycles. The van der Waals surface area contributed by atoms with E-state index in [4.69, 9.17) is 5.41 Å². The van der Waals surface area contributed by atoms with Crippen LogP contribution in [0.2, 0.25) is 0 Å². The summed E-state index contributed by atoms with van der Waals surface area (Å²) in [7, 11) is 0. The van der Waals surface area contributed by atoms with Crippen LogP contribution in [-0.2, 0) is 4.79 Å².